The van der Waals surface area contributed by atoms with Gasteiger partial charge in [-0.05, 0) is 44.7 Å². The molecule has 1 aromatic rings. The molecule has 0 spiro atoms. The molecule has 1 N–H and O–H groups in total. The molecule has 0 saturated carbocycles. The number of carbonyl (C=O) groups excluding carboxylic acids is 1. The van der Waals surface area contributed by atoms with Gasteiger partial charge in [0, 0.05) is 37.9 Å². The monoisotopic (exact) mass is 349 g/mol. The fourth-order valence-electron chi connectivity index (χ4n) is 3.58. The molecule has 1 aromatic carbocycles. The van der Waals surface area contributed by atoms with Gasteiger partial charge in [-0.3, -0.25) is 9.59 Å². The average Bonchev–Trinajstić information content (AvgIpc) is 2.61. The minimum Gasteiger partial charge on any atom is -0.496 e. The maximum absolute atomic E-state index is 13.0. The van der Waals surface area contributed by atoms with Gasteiger partial charge in [0.05, 0.1) is 12.5 Å². The van der Waals surface area contributed by atoms with Crippen LogP contribution in [0.3, 0.4) is 0 Å². The number of carboxylic acid groups (broad SMARTS) is 1. The minimum atomic E-state index is -0.890. The van der Waals surface area contributed by atoms with E-state index >= 15 is 0 Å². The molecule has 0 aliphatic carbocycles. The molecule has 138 valence electrons. The second-order valence-electron chi connectivity index (χ2n) is 6.64. The third-order valence-corrected chi connectivity index (χ3v) is 5.06. The number of carboxylic acids is 1. The van der Waals surface area contributed by atoms with Gasteiger partial charge in [-0.15, -0.1) is 0 Å². The van der Waals surface area contributed by atoms with Crippen molar-refractivity contribution in [2.24, 2.45) is 5.41 Å². The molecule has 1 fully saturated rings. The normalized spacial score (nSPS) is 20.4. The molecule has 2 rings (SSSR count). The highest BCUT2D eigenvalue weighted by Gasteiger charge is 2.43. The van der Waals surface area contributed by atoms with Gasteiger partial charge in [0.1, 0.15) is 5.75 Å². The van der Waals surface area contributed by atoms with Crippen molar-refractivity contribution in [3.05, 3.63) is 29.3 Å². The van der Waals surface area contributed by atoms with E-state index in [-0.39, 0.29) is 12.5 Å². The lowest BCUT2D eigenvalue weighted by Crippen LogP contribution is -2.50. The first-order valence-corrected chi connectivity index (χ1v) is 8.60. The van der Waals surface area contributed by atoms with Crippen LogP contribution in [0.5, 0.6) is 5.75 Å². The van der Waals surface area contributed by atoms with Crippen LogP contribution in [0.2, 0.25) is 0 Å². The van der Waals surface area contributed by atoms with Crippen LogP contribution in [0.25, 0.3) is 0 Å². The van der Waals surface area contributed by atoms with Crippen molar-refractivity contribution in [3.63, 3.8) is 0 Å². The third-order valence-electron chi connectivity index (χ3n) is 5.06. The summed E-state index contributed by atoms with van der Waals surface area (Å²) in [7, 11) is 3.18. The molecule has 1 atom stereocenters. The smallest absolute Gasteiger partial charge is 0.311 e. The Morgan fingerprint density at radius 3 is 2.72 bits per heavy atom. The van der Waals surface area contributed by atoms with Crippen molar-refractivity contribution in [2.45, 2.75) is 32.6 Å². The van der Waals surface area contributed by atoms with E-state index in [1.807, 2.05) is 13.0 Å². The number of rotatable bonds is 7. The molecule has 0 bridgehead atoms. The van der Waals surface area contributed by atoms with Crippen molar-refractivity contribution in [3.8, 4) is 5.75 Å². The van der Waals surface area contributed by atoms with E-state index < -0.39 is 11.4 Å². The van der Waals surface area contributed by atoms with E-state index in [2.05, 4.69) is 0 Å². The molecule has 1 saturated heterocycles. The number of amides is 1. The van der Waals surface area contributed by atoms with E-state index in [9.17, 15) is 14.7 Å². The Kier molecular flexibility index (Phi) is 6.42. The summed E-state index contributed by atoms with van der Waals surface area (Å²) in [5, 5.41) is 9.80. The van der Waals surface area contributed by atoms with Gasteiger partial charge in [0.2, 0.25) is 0 Å². The molecular weight excluding hydrogens is 322 g/mol. The summed E-state index contributed by atoms with van der Waals surface area (Å²) in [6.45, 7) is 3.19. The highest BCUT2D eigenvalue weighted by atomic mass is 16.5. The maximum Gasteiger partial charge on any atom is 0.311 e. The molecule has 1 amide bonds. The topological polar surface area (TPSA) is 76.1 Å². The predicted molar refractivity (Wildman–Crippen MR) is 94.0 cm³/mol. The molecule has 0 unspecified atom stereocenters. The Labute approximate surface area is 148 Å². The first-order chi connectivity index (χ1) is 11.9. The predicted octanol–water partition coefficient (Wildman–Crippen LogP) is 2.74. The molecule has 6 nitrogen and oxygen atoms in total. The Hall–Kier alpha value is -2.08. The molecule has 1 aliphatic heterocycles. The molecule has 25 heavy (non-hydrogen) atoms. The number of methoxy groups -OCH3 is 2. The van der Waals surface area contributed by atoms with Crippen molar-refractivity contribution in [1.82, 2.24) is 4.90 Å². The summed E-state index contributed by atoms with van der Waals surface area (Å²) in [5.41, 5.74) is 0.456. The number of aliphatic carboxylic acids is 1. The van der Waals surface area contributed by atoms with Crippen LogP contribution in [0.1, 0.15) is 41.6 Å². The van der Waals surface area contributed by atoms with Gasteiger partial charge >= 0.3 is 5.97 Å². The summed E-state index contributed by atoms with van der Waals surface area (Å²) < 4.78 is 10.3. The van der Waals surface area contributed by atoms with E-state index in [0.717, 1.165) is 5.56 Å². The molecular formula is C19H27NO5. The van der Waals surface area contributed by atoms with Crippen LogP contribution in [-0.4, -0.2) is 55.8 Å². The van der Waals surface area contributed by atoms with Crippen LogP contribution in [0, 0.1) is 12.3 Å². The molecule has 0 radical (unpaired) electrons. The van der Waals surface area contributed by atoms with Crippen molar-refractivity contribution >= 4 is 11.9 Å². The number of ether oxygens (including phenoxy) is 2. The number of nitrogens with zero attached hydrogens (tertiary/aromatic N) is 1. The summed E-state index contributed by atoms with van der Waals surface area (Å²) in [4.78, 5) is 26.6. The number of carbonyl (C=O) groups is 2. The lowest BCUT2D eigenvalue weighted by atomic mass is 9.76. The van der Waals surface area contributed by atoms with E-state index in [4.69, 9.17) is 9.47 Å². The summed E-state index contributed by atoms with van der Waals surface area (Å²) in [5.74, 6) is -0.301. The van der Waals surface area contributed by atoms with E-state index in [1.54, 1.807) is 31.3 Å². The van der Waals surface area contributed by atoms with E-state index in [1.165, 1.54) is 0 Å². The Morgan fingerprint density at radius 1 is 1.32 bits per heavy atom. The van der Waals surface area contributed by atoms with E-state index in [0.29, 0.717) is 50.1 Å². The van der Waals surface area contributed by atoms with Gasteiger partial charge in [0.25, 0.3) is 5.91 Å². The summed E-state index contributed by atoms with van der Waals surface area (Å²) in [6.07, 6.45) is 2.46. The quantitative estimate of drug-likeness (QED) is 0.766. The molecule has 1 aliphatic rings. The largest absolute Gasteiger partial charge is 0.496 e. The molecule has 1 heterocycles. The first kappa shape index (κ1) is 19.2. The third kappa shape index (κ3) is 4.12. The SMILES string of the molecule is COCCC[C@@]1(C(=O)O)CCCN(C(=O)c2cccc(OC)c2C)C1. The van der Waals surface area contributed by atoms with Crippen molar-refractivity contribution in [1.29, 1.82) is 0 Å². The highest BCUT2D eigenvalue weighted by Crippen LogP contribution is 2.36. The zero-order chi connectivity index (χ0) is 18.4. The molecule has 0 aromatic heterocycles. The van der Waals surface area contributed by atoms with Gasteiger partial charge in [-0.2, -0.15) is 0 Å². The van der Waals surface area contributed by atoms with Gasteiger partial charge in [-0.25, -0.2) is 0 Å². The molecule has 6 heteroatoms. The number of likely N-dealkylation sites (tertiary alicyclic amines) is 1. The lowest BCUT2D eigenvalue weighted by Gasteiger charge is -2.40. The van der Waals surface area contributed by atoms with Crippen molar-refractivity contribution < 1.29 is 24.2 Å². The second kappa shape index (κ2) is 8.34. The van der Waals surface area contributed by atoms with Crippen LogP contribution >= 0.6 is 0 Å². The first-order valence-electron chi connectivity index (χ1n) is 8.60. The Balaban J connectivity index is 2.21. The van der Waals surface area contributed by atoms with Crippen molar-refractivity contribution in [2.75, 3.05) is 33.9 Å². The van der Waals surface area contributed by atoms with Gasteiger partial charge in [0.15, 0.2) is 0 Å². The Bertz CT molecular complexity index is 630. The van der Waals surface area contributed by atoms with Crippen LogP contribution in [0.15, 0.2) is 18.2 Å². The number of hydrogen-bond acceptors (Lipinski definition) is 4. The van der Waals surface area contributed by atoms with Crippen LogP contribution in [-0.2, 0) is 9.53 Å². The zero-order valence-electron chi connectivity index (χ0n) is 15.2. The highest BCUT2D eigenvalue weighted by molar-refractivity contribution is 5.96. The van der Waals surface area contributed by atoms with Gasteiger partial charge in [-0.1, -0.05) is 6.07 Å². The fraction of sp³-hybridized carbons (Fsp3) is 0.579. The maximum atomic E-state index is 13.0. The fourth-order valence-corrected chi connectivity index (χ4v) is 3.58. The van der Waals surface area contributed by atoms with Crippen LogP contribution in [0.4, 0.5) is 0 Å². The second-order valence-corrected chi connectivity index (χ2v) is 6.64. The summed E-state index contributed by atoms with van der Waals surface area (Å²) in [6, 6.07) is 5.36. The average molecular weight is 349 g/mol. The lowest BCUT2D eigenvalue weighted by molar-refractivity contribution is -0.152. The number of hydrogen-bond donors (Lipinski definition) is 1. The zero-order valence-corrected chi connectivity index (χ0v) is 15.2. The minimum absolute atomic E-state index is 0.131. The van der Waals surface area contributed by atoms with Crippen LogP contribution < -0.4 is 4.74 Å². The number of piperidine rings is 1. The Morgan fingerprint density at radius 2 is 2.08 bits per heavy atom. The van der Waals surface area contributed by atoms with Gasteiger partial charge < -0.3 is 19.5 Å². The standard InChI is InChI=1S/C19H27NO5/c1-14-15(7-4-8-16(14)25-3)17(21)20-11-5-9-19(13-20,18(22)23)10-6-12-24-2/h4,7-8H,5-6,9-13H2,1-3H3,(H,22,23)/t19-/m0/s1. The number of benzene rings is 1. The summed E-state index contributed by atoms with van der Waals surface area (Å²) >= 11 is 0.